The van der Waals surface area contributed by atoms with Crippen LogP contribution in [0.25, 0.3) is 0 Å². The monoisotopic (exact) mass is 233 g/mol. The van der Waals surface area contributed by atoms with E-state index in [9.17, 15) is 9.90 Å². The van der Waals surface area contributed by atoms with Crippen LogP contribution in [-0.4, -0.2) is 5.97 Å². The quantitative estimate of drug-likeness (QED) is 0.543. The van der Waals surface area contributed by atoms with E-state index in [2.05, 4.69) is 32.6 Å². The maximum Gasteiger partial charge on any atom is 0.0671 e. The third-order valence-electron chi connectivity index (χ3n) is 3.42. The molecule has 0 saturated heterocycles. The van der Waals surface area contributed by atoms with Gasteiger partial charge in [-0.05, 0) is 57.4 Å². The largest absolute Gasteiger partial charge is 0.545 e. The number of hydrogen-bond donors (Lipinski definition) is 0. The fourth-order valence-electron chi connectivity index (χ4n) is 2.10. The topological polar surface area (TPSA) is 40.1 Å². The first kappa shape index (κ1) is 13.8. The highest BCUT2D eigenvalue weighted by Crippen LogP contribution is 2.25. The van der Waals surface area contributed by atoms with Crippen LogP contribution in [-0.2, 0) is 4.79 Å². The lowest BCUT2D eigenvalue weighted by Gasteiger charge is -2.20. The molecule has 0 aromatic rings. The first-order valence-corrected chi connectivity index (χ1v) is 6.22. The average Bonchev–Trinajstić information content (AvgIpc) is 2.28. The van der Waals surface area contributed by atoms with Gasteiger partial charge in [0.2, 0.25) is 0 Å². The predicted octanol–water partition coefficient (Wildman–Crippen LogP) is 2.77. The van der Waals surface area contributed by atoms with Gasteiger partial charge in [-0.1, -0.05) is 29.9 Å². The second-order valence-corrected chi connectivity index (χ2v) is 4.92. The van der Waals surface area contributed by atoms with E-state index in [1.165, 1.54) is 11.1 Å². The van der Waals surface area contributed by atoms with Crippen LogP contribution in [0.2, 0.25) is 0 Å². The molecule has 1 rings (SSSR count). The summed E-state index contributed by atoms with van der Waals surface area (Å²) < 4.78 is 0. The van der Waals surface area contributed by atoms with Crippen LogP contribution in [0.5, 0.6) is 0 Å². The lowest BCUT2D eigenvalue weighted by molar-refractivity contribution is -0.300. The molecule has 0 amide bonds. The second-order valence-electron chi connectivity index (χ2n) is 4.92. The molecular formula is C15H21O2-. The number of carboxylic acid groups (broad SMARTS) is 1. The van der Waals surface area contributed by atoms with Crippen LogP contribution in [0, 0.1) is 5.92 Å². The SMILES string of the molecule is C=C(C(=O)[O-])[C@H]1C/C=C(\C)CC/C=C(\C)CC1. The van der Waals surface area contributed by atoms with Gasteiger partial charge in [-0.25, -0.2) is 0 Å². The van der Waals surface area contributed by atoms with Crippen LogP contribution in [0.3, 0.4) is 0 Å². The van der Waals surface area contributed by atoms with E-state index in [0.29, 0.717) is 0 Å². The van der Waals surface area contributed by atoms with Crippen molar-refractivity contribution in [1.29, 1.82) is 0 Å². The number of allylic oxidation sites excluding steroid dienone is 4. The zero-order valence-electron chi connectivity index (χ0n) is 10.8. The van der Waals surface area contributed by atoms with Gasteiger partial charge in [-0.15, -0.1) is 0 Å². The van der Waals surface area contributed by atoms with Crippen molar-refractivity contribution in [2.45, 2.75) is 46.0 Å². The van der Waals surface area contributed by atoms with Crippen LogP contribution < -0.4 is 5.11 Å². The maximum atomic E-state index is 10.9. The van der Waals surface area contributed by atoms with E-state index in [1.807, 2.05) is 0 Å². The summed E-state index contributed by atoms with van der Waals surface area (Å²) in [5.41, 5.74) is 2.91. The van der Waals surface area contributed by atoms with Gasteiger partial charge in [0.25, 0.3) is 0 Å². The van der Waals surface area contributed by atoms with E-state index in [-0.39, 0.29) is 11.5 Å². The molecule has 0 fully saturated rings. The lowest BCUT2D eigenvalue weighted by Crippen LogP contribution is -2.27. The van der Waals surface area contributed by atoms with E-state index < -0.39 is 5.97 Å². The van der Waals surface area contributed by atoms with Gasteiger partial charge in [0.15, 0.2) is 0 Å². The molecule has 0 spiro atoms. The molecule has 0 saturated carbocycles. The number of hydrogen-bond acceptors (Lipinski definition) is 2. The molecule has 2 nitrogen and oxygen atoms in total. The Labute approximate surface area is 104 Å². The Hall–Kier alpha value is -1.31. The molecule has 17 heavy (non-hydrogen) atoms. The molecule has 0 N–H and O–H groups in total. The highest BCUT2D eigenvalue weighted by atomic mass is 16.4. The Morgan fingerprint density at radius 3 is 2.59 bits per heavy atom. The summed E-state index contributed by atoms with van der Waals surface area (Å²) in [6.07, 6.45) is 9.10. The van der Waals surface area contributed by atoms with Crippen molar-refractivity contribution in [1.82, 2.24) is 0 Å². The van der Waals surface area contributed by atoms with Gasteiger partial charge in [0.1, 0.15) is 0 Å². The van der Waals surface area contributed by atoms with Gasteiger partial charge >= 0.3 is 0 Å². The van der Waals surface area contributed by atoms with Crippen molar-refractivity contribution < 1.29 is 9.90 Å². The molecule has 0 aromatic heterocycles. The van der Waals surface area contributed by atoms with Crippen molar-refractivity contribution in [3.05, 3.63) is 35.5 Å². The molecule has 0 heterocycles. The summed E-state index contributed by atoms with van der Waals surface area (Å²) in [6, 6.07) is 0. The Morgan fingerprint density at radius 1 is 1.29 bits per heavy atom. The van der Waals surface area contributed by atoms with Gasteiger partial charge in [0, 0.05) is 0 Å². The van der Waals surface area contributed by atoms with Crippen LogP contribution in [0.15, 0.2) is 35.5 Å². The summed E-state index contributed by atoms with van der Waals surface area (Å²) in [5, 5.41) is 10.9. The first-order chi connectivity index (χ1) is 8.00. The first-order valence-electron chi connectivity index (χ1n) is 6.22. The van der Waals surface area contributed by atoms with Crippen molar-refractivity contribution in [2.24, 2.45) is 5.92 Å². The Bertz CT molecular complexity index is 361. The van der Waals surface area contributed by atoms with Gasteiger partial charge in [-0.2, -0.15) is 0 Å². The standard InChI is InChI=1S/C15H22O2/c1-11-5-4-6-12(2)8-10-14(9-7-11)13(3)15(16)17/h5,8,14H,3-4,6-7,9-10H2,1-2H3,(H,16,17)/p-1/b11-5+,12-8+/t14-/m1/s1. The summed E-state index contributed by atoms with van der Waals surface area (Å²) in [4.78, 5) is 10.9. The molecule has 0 unspecified atom stereocenters. The number of carbonyl (C=O) groups excluding carboxylic acids is 1. The number of carboxylic acids is 1. The Balaban J connectivity index is 2.79. The molecule has 1 atom stereocenters. The smallest absolute Gasteiger partial charge is 0.0671 e. The normalized spacial score (nSPS) is 28.5. The van der Waals surface area contributed by atoms with Crippen molar-refractivity contribution in [3.63, 3.8) is 0 Å². The summed E-state index contributed by atoms with van der Waals surface area (Å²) >= 11 is 0. The third-order valence-corrected chi connectivity index (χ3v) is 3.42. The predicted molar refractivity (Wildman–Crippen MR) is 68.2 cm³/mol. The van der Waals surface area contributed by atoms with Crippen LogP contribution in [0.1, 0.15) is 46.0 Å². The molecule has 0 radical (unpaired) electrons. The zero-order valence-corrected chi connectivity index (χ0v) is 10.8. The third kappa shape index (κ3) is 4.59. The van der Waals surface area contributed by atoms with Crippen molar-refractivity contribution >= 4 is 5.97 Å². The zero-order chi connectivity index (χ0) is 12.8. The number of aliphatic carboxylic acids is 1. The highest BCUT2D eigenvalue weighted by molar-refractivity contribution is 5.84. The Kier molecular flexibility index (Phi) is 5.20. The molecule has 0 aliphatic heterocycles. The minimum atomic E-state index is -1.11. The molecule has 1 aliphatic carbocycles. The van der Waals surface area contributed by atoms with E-state index in [0.717, 1.165) is 32.1 Å². The molecule has 2 heteroatoms. The lowest BCUT2D eigenvalue weighted by atomic mass is 9.88. The van der Waals surface area contributed by atoms with Gasteiger partial charge in [0.05, 0.1) is 5.97 Å². The molecule has 0 bridgehead atoms. The fourth-order valence-corrected chi connectivity index (χ4v) is 2.10. The van der Waals surface area contributed by atoms with Gasteiger partial charge in [-0.3, -0.25) is 0 Å². The second kappa shape index (κ2) is 6.43. The average molecular weight is 233 g/mol. The highest BCUT2D eigenvalue weighted by Gasteiger charge is 2.13. The van der Waals surface area contributed by atoms with E-state index in [4.69, 9.17) is 0 Å². The minimum absolute atomic E-state index is 0.0106. The Morgan fingerprint density at radius 2 is 1.94 bits per heavy atom. The van der Waals surface area contributed by atoms with E-state index >= 15 is 0 Å². The van der Waals surface area contributed by atoms with Crippen LogP contribution >= 0.6 is 0 Å². The summed E-state index contributed by atoms with van der Waals surface area (Å²) in [5.74, 6) is -1.10. The molecule has 0 aromatic carbocycles. The molecular weight excluding hydrogens is 212 g/mol. The number of rotatable bonds is 2. The summed E-state index contributed by atoms with van der Waals surface area (Å²) in [7, 11) is 0. The van der Waals surface area contributed by atoms with Crippen molar-refractivity contribution in [3.8, 4) is 0 Å². The fraction of sp³-hybridized carbons (Fsp3) is 0.533. The van der Waals surface area contributed by atoms with Crippen molar-refractivity contribution in [2.75, 3.05) is 0 Å². The molecule has 94 valence electrons. The number of carbonyl (C=O) groups is 1. The van der Waals surface area contributed by atoms with Crippen LogP contribution in [0.4, 0.5) is 0 Å². The summed E-state index contributed by atoms with van der Waals surface area (Å²) in [6.45, 7) is 7.85. The van der Waals surface area contributed by atoms with Gasteiger partial charge < -0.3 is 9.90 Å². The molecule has 1 aliphatic rings. The van der Waals surface area contributed by atoms with E-state index in [1.54, 1.807) is 0 Å². The minimum Gasteiger partial charge on any atom is -0.545 e. The maximum absolute atomic E-state index is 10.9.